The van der Waals surface area contributed by atoms with E-state index < -0.39 is 254 Å². The maximum absolute atomic E-state index is 14.3. The number of hydrogen-bond donors (Lipinski definition) is 29. The first kappa shape index (κ1) is 107. The van der Waals surface area contributed by atoms with Crippen LogP contribution in [0.15, 0.2) is 22.5 Å². The van der Waals surface area contributed by atoms with Gasteiger partial charge in [0.1, 0.15) is 84.6 Å². The van der Waals surface area contributed by atoms with Crippen molar-refractivity contribution in [3.05, 3.63) is 18.2 Å². The Balaban J connectivity index is 1.73. The summed E-state index contributed by atoms with van der Waals surface area (Å²) < 4.78 is 0. The zero-order valence-electron chi connectivity index (χ0n) is 69.8. The Morgan fingerprint density at radius 1 is 0.496 bits per heavy atom. The largest absolute Gasteiger partial charge is 0.481 e. The second-order valence-electron chi connectivity index (χ2n) is 30.0. The number of aliphatic carboxylic acids is 3. The summed E-state index contributed by atoms with van der Waals surface area (Å²) in [6, 6.07) is -24.2. The molecule has 3 heterocycles. The molecule has 0 bridgehead atoms. The van der Waals surface area contributed by atoms with Crippen LogP contribution in [0.5, 0.6) is 0 Å². The average Bonchev–Trinajstić information content (AvgIpc) is 1.74. The van der Waals surface area contributed by atoms with Gasteiger partial charge >= 0.3 is 17.9 Å². The summed E-state index contributed by atoms with van der Waals surface area (Å²) in [7, 11) is 0. The van der Waals surface area contributed by atoms with Gasteiger partial charge in [-0.2, -0.15) is 25.3 Å². The number of imidazole rings is 1. The zero-order chi connectivity index (χ0) is 94.1. The van der Waals surface area contributed by atoms with E-state index in [1.807, 2.05) is 5.32 Å². The maximum Gasteiger partial charge on any atom is 0.326 e. The van der Waals surface area contributed by atoms with Crippen molar-refractivity contribution in [1.82, 2.24) is 94.2 Å². The first-order chi connectivity index (χ1) is 58.9. The highest BCUT2D eigenvalue weighted by Crippen LogP contribution is 2.22. The third kappa shape index (κ3) is 37.7. The van der Waals surface area contributed by atoms with Crippen molar-refractivity contribution in [1.29, 1.82) is 0 Å². The summed E-state index contributed by atoms with van der Waals surface area (Å²) in [6.45, 7) is 3.91. The number of carbonyl (C=O) groups is 19. The molecule has 0 spiro atoms. The molecule has 2 aliphatic heterocycles. The minimum Gasteiger partial charge on any atom is -0.481 e. The van der Waals surface area contributed by atoms with Crippen LogP contribution < -0.4 is 109 Å². The lowest BCUT2D eigenvalue weighted by Crippen LogP contribution is -2.64. The molecular weight excluding hydrogens is 1690 g/mol. The summed E-state index contributed by atoms with van der Waals surface area (Å²) in [5.74, 6) is -23.4. The van der Waals surface area contributed by atoms with Gasteiger partial charge in [-0.15, -0.1) is 0 Å². The second kappa shape index (κ2) is 54.7. The second-order valence-corrected chi connectivity index (χ2v) is 30.7. The Labute approximate surface area is 728 Å². The fourth-order valence-electron chi connectivity index (χ4n) is 12.7. The first-order valence-electron chi connectivity index (χ1n) is 40.1. The average molecular weight is 1810 g/mol. The molecule has 0 aliphatic carbocycles. The van der Waals surface area contributed by atoms with Crippen molar-refractivity contribution in [3.63, 3.8) is 0 Å². The van der Waals surface area contributed by atoms with Crippen LogP contribution in [0.1, 0.15) is 130 Å². The number of aliphatic imine (C=N–C) groups is 2. The van der Waals surface area contributed by atoms with Gasteiger partial charge in [0.2, 0.25) is 94.5 Å². The number of likely N-dealkylation sites (tertiary alicyclic amines) is 2. The van der Waals surface area contributed by atoms with Gasteiger partial charge < -0.3 is 154 Å². The van der Waals surface area contributed by atoms with Crippen LogP contribution in [0.2, 0.25) is 0 Å². The molecule has 53 heteroatoms. The number of nitrogens with two attached hydrogens (primary N) is 6. The molecule has 700 valence electrons. The van der Waals surface area contributed by atoms with E-state index in [0.717, 1.165) is 23.6 Å². The Morgan fingerprint density at radius 2 is 0.912 bits per heavy atom. The van der Waals surface area contributed by atoms with E-state index in [2.05, 4.69) is 114 Å². The van der Waals surface area contributed by atoms with E-state index in [-0.39, 0.29) is 127 Å². The maximum atomic E-state index is 14.3. The van der Waals surface area contributed by atoms with Gasteiger partial charge in [0.05, 0.1) is 57.1 Å². The van der Waals surface area contributed by atoms with Crippen LogP contribution in [0.25, 0.3) is 0 Å². The quantitative estimate of drug-likeness (QED) is 0.0125. The topological polar surface area (TPSA) is 830 Å². The number of nitrogens with zero attached hydrogens (tertiary/aromatic N) is 5. The lowest BCUT2D eigenvalue weighted by Gasteiger charge is -2.29. The van der Waals surface area contributed by atoms with Crippen molar-refractivity contribution < 1.29 is 122 Å². The number of thiol groups is 2. The van der Waals surface area contributed by atoms with Crippen molar-refractivity contribution in [3.8, 4) is 0 Å². The van der Waals surface area contributed by atoms with Gasteiger partial charge in [0, 0.05) is 56.0 Å². The Morgan fingerprint density at radius 3 is 1.38 bits per heavy atom. The number of H-pyrrole nitrogens is 1. The molecule has 125 heavy (non-hydrogen) atoms. The highest BCUT2D eigenvalue weighted by atomic mass is 32.1. The lowest BCUT2D eigenvalue weighted by molar-refractivity contribution is -0.149. The number of carboxylic acid groups (broad SMARTS) is 3. The number of carbonyl (C=O) groups excluding carboxylic acids is 16. The molecule has 51 nitrogen and oxygen atoms in total. The number of aliphatic hydroxyl groups is 3. The third-order valence-corrected chi connectivity index (χ3v) is 20.0. The number of guanidine groups is 2. The van der Waals surface area contributed by atoms with Gasteiger partial charge in [0.25, 0.3) is 0 Å². The summed E-state index contributed by atoms with van der Waals surface area (Å²) >= 11 is 8.29. The standard InChI is InChI=1S/C72H120N26O25S2/c1-33(2)22-41(88-56(108)34(3)74)61(113)94-47(31-125)65(117)86-39(13-8-18-80-71(75)76)58(110)85-40(14-9-19-81-72(77)78)60(112)92-45(29-99)64(116)95-55(36(5)101)68(120)96-54(35(4)100)67(119)90-43(25-53(106)107)63(115)93-46(30-124)57(109)83-27-50(102)82-28-51(103)97-20-10-15-48(97)66(118)87-38(12-6-7-17-73)59(111)89-42(24-52(104)105)62(114)91-44(23-37-26-79-32-84-37)69(121)98-21-11-16-49(98)70(122)123/h26,32-36,38-49,54-55,99-101,124-125H,6-25,27-31,73-74H2,1-5H3,(H,79,84)(H,82,102)(H,83,109)(H,85,110)(H,86,117)(H,87,118)(H,88,108)(H,89,111)(H,90,119)(H,91,114)(H,92,112)(H,93,115)(H,94,113)(H,95,116)(H,96,120)(H,104,105)(H,106,107)(H,122,123)(H4,75,76,80)(H4,77,78,81)/t34-,35+,36+,38-,39-,40-,41-,42-,43-,44-,45-,46-,47-,48-,49-,54-,55-/m0/s1. The van der Waals surface area contributed by atoms with E-state index in [1.165, 1.54) is 19.4 Å². The molecule has 3 rings (SSSR count). The normalized spacial score (nSPS) is 17.1. The Bertz CT molecular complexity index is 3950. The zero-order valence-corrected chi connectivity index (χ0v) is 71.5. The molecule has 2 fully saturated rings. The van der Waals surface area contributed by atoms with Crippen LogP contribution >= 0.6 is 25.3 Å². The molecule has 0 unspecified atom stereocenters. The molecule has 0 aromatic carbocycles. The molecule has 33 N–H and O–H groups in total. The van der Waals surface area contributed by atoms with Crippen LogP contribution in [0.3, 0.4) is 0 Å². The number of rotatable bonds is 56. The van der Waals surface area contributed by atoms with Crippen LogP contribution in [-0.2, 0) is 97.5 Å². The van der Waals surface area contributed by atoms with Crippen molar-refractivity contribution >= 4 is 150 Å². The van der Waals surface area contributed by atoms with Gasteiger partial charge in [-0.05, 0) is 110 Å². The third-order valence-electron chi connectivity index (χ3n) is 19.2. The Hall–Kier alpha value is -11.8. The van der Waals surface area contributed by atoms with Crippen molar-refractivity contribution in [2.45, 2.75) is 234 Å². The smallest absolute Gasteiger partial charge is 0.326 e. The van der Waals surface area contributed by atoms with Crippen molar-refractivity contribution in [2.75, 3.05) is 63.9 Å². The molecular formula is C72H120N26O25S2. The molecule has 0 saturated carbocycles. The van der Waals surface area contributed by atoms with Gasteiger partial charge in [-0.25, -0.2) is 9.78 Å². The highest BCUT2D eigenvalue weighted by molar-refractivity contribution is 7.80. The molecule has 17 atom stereocenters. The van der Waals surface area contributed by atoms with Gasteiger partial charge in [0.15, 0.2) is 11.9 Å². The molecule has 16 amide bonds. The highest BCUT2D eigenvalue weighted by Gasteiger charge is 2.43. The molecule has 1 aromatic heterocycles. The number of amides is 16. The van der Waals surface area contributed by atoms with Crippen LogP contribution in [-0.4, -0.2) is 342 Å². The Kier molecular flexibility index (Phi) is 47.0. The molecule has 2 saturated heterocycles. The molecule has 0 radical (unpaired) electrons. The van der Waals surface area contributed by atoms with Gasteiger partial charge in [-0.1, -0.05) is 13.8 Å². The predicted octanol–water partition coefficient (Wildman–Crippen LogP) is -12.7. The van der Waals surface area contributed by atoms with E-state index in [9.17, 15) is 122 Å². The van der Waals surface area contributed by atoms with Crippen molar-refractivity contribution in [2.24, 2.45) is 50.3 Å². The minimum atomic E-state index is -2.16. The number of aliphatic hydroxyl groups excluding tert-OH is 3. The van der Waals surface area contributed by atoms with E-state index in [0.29, 0.717) is 18.5 Å². The molecule has 1 aromatic rings. The summed E-state index contributed by atoms with van der Waals surface area (Å²) in [5.41, 5.74) is 33.7. The van der Waals surface area contributed by atoms with Gasteiger partial charge in [-0.3, -0.25) is 96.3 Å². The predicted molar refractivity (Wildman–Crippen MR) is 447 cm³/mol. The fraction of sp³-hybridized carbons (Fsp3) is 0.667. The fourth-order valence-corrected chi connectivity index (χ4v) is 13.2. The number of unbranched alkanes of at least 4 members (excludes halogenated alkanes) is 1. The summed E-state index contributed by atoms with van der Waals surface area (Å²) in [6.07, 6.45) is -2.95. The van der Waals surface area contributed by atoms with Crippen LogP contribution in [0.4, 0.5) is 0 Å². The number of hydrogen-bond acceptors (Lipinski definition) is 29. The van der Waals surface area contributed by atoms with E-state index in [1.54, 1.807) is 13.8 Å². The summed E-state index contributed by atoms with van der Waals surface area (Å²) in [5, 5.41) is 94.0. The number of nitrogens with one attached hydrogen (secondary N) is 15. The lowest BCUT2D eigenvalue weighted by atomic mass is 10.0. The number of carboxylic acids is 3. The van der Waals surface area contributed by atoms with Crippen LogP contribution in [0, 0.1) is 5.92 Å². The SMILES string of the molecule is CC(C)C[C@H](NC(=O)[C@H](C)N)C(=O)N[C@@H](CS)C(=O)N[C@@H](CCCN=C(N)N)C(=O)N[C@@H](CCCN=C(N)N)C(=O)N[C@@H](CO)C(=O)N[C@H](C(=O)N[C@H](C(=O)N[C@@H](CC(=O)O)C(=O)N[C@@H](CS)C(=O)NCC(=O)NCC(=O)N1CCC[C@H]1C(=O)N[C@@H](CCCCN)C(=O)N[C@@H](CC(=O)O)C(=O)N[C@@H](Cc1cnc[nH]1)C(=O)N1CCC[C@H]1C(=O)O)[C@@H](C)O)[C@@H](C)O. The number of aromatic nitrogens is 2. The monoisotopic (exact) mass is 1810 g/mol. The first-order valence-corrected chi connectivity index (χ1v) is 41.3. The number of aromatic amines is 1. The molecule has 2 aliphatic rings. The van der Waals surface area contributed by atoms with E-state index >= 15 is 0 Å². The minimum absolute atomic E-state index is 0.0204. The van der Waals surface area contributed by atoms with E-state index in [4.69, 9.17) is 34.4 Å². The summed E-state index contributed by atoms with van der Waals surface area (Å²) in [4.78, 5) is 273.